The van der Waals surface area contributed by atoms with E-state index < -0.39 is 6.04 Å². The highest BCUT2D eigenvalue weighted by molar-refractivity contribution is 5.81. The summed E-state index contributed by atoms with van der Waals surface area (Å²) in [6, 6.07) is 0.00385. The number of hydrogen-bond donors (Lipinski definition) is 2. The monoisotopic (exact) mass is 250 g/mol. The molecule has 1 atom stereocenters. The molecule has 1 fully saturated rings. The second kappa shape index (κ2) is 5.52. The molecular formula is C13H22N4O. The smallest absolute Gasteiger partial charge is 0.239 e. The van der Waals surface area contributed by atoms with Crippen LogP contribution in [0, 0.1) is 0 Å². The van der Waals surface area contributed by atoms with Crippen LogP contribution in [0.4, 0.5) is 0 Å². The number of amides is 1. The molecule has 5 heteroatoms. The Hall–Kier alpha value is -1.36. The Morgan fingerprint density at radius 3 is 2.83 bits per heavy atom. The van der Waals surface area contributed by atoms with Gasteiger partial charge in [0.25, 0.3) is 0 Å². The molecule has 0 aromatic carbocycles. The van der Waals surface area contributed by atoms with E-state index in [2.05, 4.69) is 10.4 Å². The van der Waals surface area contributed by atoms with E-state index in [9.17, 15) is 4.79 Å². The summed E-state index contributed by atoms with van der Waals surface area (Å²) < 4.78 is 1.75. The van der Waals surface area contributed by atoms with Crippen LogP contribution in [0.15, 0.2) is 6.20 Å². The summed E-state index contributed by atoms with van der Waals surface area (Å²) in [5.74, 6) is -0.315. The summed E-state index contributed by atoms with van der Waals surface area (Å²) in [5.41, 5.74) is 7.42. The van der Waals surface area contributed by atoms with Crippen molar-refractivity contribution in [3.8, 4) is 0 Å². The van der Waals surface area contributed by atoms with E-state index in [1.165, 1.54) is 12.8 Å². The second-order valence-electron chi connectivity index (χ2n) is 5.04. The number of carbonyl (C=O) groups excluding carboxylic acids is 1. The van der Waals surface area contributed by atoms with Gasteiger partial charge in [-0.2, -0.15) is 5.10 Å². The van der Waals surface area contributed by atoms with Crippen LogP contribution < -0.4 is 11.1 Å². The summed E-state index contributed by atoms with van der Waals surface area (Å²) in [7, 11) is 1.87. The fraction of sp³-hybridized carbons (Fsp3) is 0.692. The zero-order valence-electron chi connectivity index (χ0n) is 11.1. The van der Waals surface area contributed by atoms with Gasteiger partial charge in [0.2, 0.25) is 5.91 Å². The van der Waals surface area contributed by atoms with Crippen LogP contribution in [-0.4, -0.2) is 21.7 Å². The van der Waals surface area contributed by atoms with Crippen molar-refractivity contribution in [3.05, 3.63) is 17.5 Å². The summed E-state index contributed by atoms with van der Waals surface area (Å²) in [5, 5.41) is 7.77. The topological polar surface area (TPSA) is 72.9 Å². The van der Waals surface area contributed by atoms with Crippen LogP contribution >= 0.6 is 0 Å². The van der Waals surface area contributed by atoms with E-state index in [1.54, 1.807) is 4.68 Å². The van der Waals surface area contributed by atoms with Crippen molar-refractivity contribution in [2.75, 3.05) is 0 Å². The van der Waals surface area contributed by atoms with E-state index in [0.29, 0.717) is 6.04 Å². The summed E-state index contributed by atoms with van der Waals surface area (Å²) in [6.07, 6.45) is 7.44. The van der Waals surface area contributed by atoms with Crippen molar-refractivity contribution < 1.29 is 4.79 Å². The summed E-state index contributed by atoms with van der Waals surface area (Å²) >= 11 is 0. The molecule has 5 nitrogen and oxygen atoms in total. The Bertz CT molecular complexity index is 421. The van der Waals surface area contributed by atoms with Crippen molar-refractivity contribution in [1.82, 2.24) is 15.1 Å². The Labute approximate surface area is 108 Å². The second-order valence-corrected chi connectivity index (χ2v) is 5.04. The first-order valence-corrected chi connectivity index (χ1v) is 6.69. The lowest BCUT2D eigenvalue weighted by molar-refractivity contribution is -0.120. The van der Waals surface area contributed by atoms with E-state index in [1.807, 2.05) is 20.2 Å². The number of nitrogens with two attached hydrogens (primary N) is 1. The van der Waals surface area contributed by atoms with E-state index in [0.717, 1.165) is 30.5 Å². The maximum atomic E-state index is 11.7. The van der Waals surface area contributed by atoms with Gasteiger partial charge in [0.05, 0.1) is 5.69 Å². The third kappa shape index (κ3) is 2.72. The molecular weight excluding hydrogens is 228 g/mol. The molecule has 1 aromatic rings. The van der Waals surface area contributed by atoms with Gasteiger partial charge in [0.1, 0.15) is 6.04 Å². The Balaban J connectivity index is 2.20. The summed E-state index contributed by atoms with van der Waals surface area (Å²) in [6.45, 7) is 2.04. The highest BCUT2D eigenvalue weighted by Crippen LogP contribution is 2.23. The first-order valence-electron chi connectivity index (χ1n) is 6.69. The molecule has 0 bridgehead atoms. The number of carbonyl (C=O) groups is 1. The molecule has 1 aliphatic carbocycles. The van der Waals surface area contributed by atoms with Crippen LogP contribution in [0.2, 0.25) is 0 Å². The largest absolute Gasteiger partial charge is 0.368 e. The van der Waals surface area contributed by atoms with E-state index >= 15 is 0 Å². The summed E-state index contributed by atoms with van der Waals surface area (Å²) in [4.78, 5) is 11.7. The van der Waals surface area contributed by atoms with Gasteiger partial charge in [-0.05, 0) is 19.3 Å². The average molecular weight is 250 g/mol. The maximum Gasteiger partial charge on any atom is 0.239 e. The van der Waals surface area contributed by atoms with Crippen LogP contribution in [0.5, 0.6) is 0 Å². The fourth-order valence-electron chi connectivity index (χ4n) is 2.72. The minimum Gasteiger partial charge on any atom is -0.368 e. The highest BCUT2D eigenvalue weighted by Gasteiger charge is 2.26. The number of hydrogen-bond acceptors (Lipinski definition) is 3. The third-order valence-electron chi connectivity index (χ3n) is 3.63. The maximum absolute atomic E-state index is 11.7. The van der Waals surface area contributed by atoms with Crippen molar-refractivity contribution in [2.45, 2.75) is 51.1 Å². The third-order valence-corrected chi connectivity index (χ3v) is 3.63. The number of aromatic nitrogens is 2. The van der Waals surface area contributed by atoms with Gasteiger partial charge in [-0.1, -0.05) is 19.8 Å². The molecule has 1 unspecified atom stereocenters. The van der Waals surface area contributed by atoms with Gasteiger partial charge < -0.3 is 5.73 Å². The standard InChI is InChI=1S/C13H22N4O/c1-3-11-10(8-17(2)16-11)12(13(14)18)15-9-6-4-5-7-9/h8-9,12,15H,3-7H2,1-2H3,(H2,14,18). The molecule has 2 rings (SSSR count). The quantitative estimate of drug-likeness (QED) is 0.820. The number of aryl methyl sites for hydroxylation is 2. The van der Waals surface area contributed by atoms with E-state index in [4.69, 9.17) is 5.73 Å². The Kier molecular flexibility index (Phi) is 4.01. The highest BCUT2D eigenvalue weighted by atomic mass is 16.1. The molecule has 18 heavy (non-hydrogen) atoms. The predicted octanol–water partition coefficient (Wildman–Crippen LogP) is 1.04. The molecule has 3 N–H and O–H groups in total. The van der Waals surface area contributed by atoms with Crippen LogP contribution in [0.3, 0.4) is 0 Å². The zero-order chi connectivity index (χ0) is 13.1. The molecule has 0 radical (unpaired) electrons. The minimum absolute atomic E-state index is 0.315. The van der Waals surface area contributed by atoms with Crippen LogP contribution in [0.1, 0.15) is 49.9 Å². The van der Waals surface area contributed by atoms with Crippen molar-refractivity contribution >= 4 is 5.91 Å². The predicted molar refractivity (Wildman–Crippen MR) is 69.9 cm³/mol. The molecule has 1 aliphatic rings. The number of nitrogens with zero attached hydrogens (tertiary/aromatic N) is 2. The molecule has 1 amide bonds. The van der Waals surface area contributed by atoms with Crippen LogP contribution in [-0.2, 0) is 18.3 Å². The van der Waals surface area contributed by atoms with Gasteiger partial charge in [-0.15, -0.1) is 0 Å². The molecule has 1 heterocycles. The molecule has 0 spiro atoms. The molecule has 0 aliphatic heterocycles. The molecule has 1 saturated carbocycles. The molecule has 0 saturated heterocycles. The van der Waals surface area contributed by atoms with Crippen LogP contribution in [0.25, 0.3) is 0 Å². The van der Waals surface area contributed by atoms with Crippen molar-refractivity contribution in [2.24, 2.45) is 12.8 Å². The van der Waals surface area contributed by atoms with Gasteiger partial charge in [0.15, 0.2) is 0 Å². The number of rotatable bonds is 5. The van der Waals surface area contributed by atoms with E-state index in [-0.39, 0.29) is 5.91 Å². The van der Waals surface area contributed by atoms with Gasteiger partial charge in [0, 0.05) is 24.8 Å². The minimum atomic E-state index is -0.406. The Morgan fingerprint density at radius 2 is 2.28 bits per heavy atom. The average Bonchev–Trinajstić information content (AvgIpc) is 2.94. The van der Waals surface area contributed by atoms with Gasteiger partial charge in [-0.3, -0.25) is 14.8 Å². The first kappa shape index (κ1) is 13.1. The number of primary amides is 1. The van der Waals surface area contributed by atoms with Crippen molar-refractivity contribution in [1.29, 1.82) is 0 Å². The fourth-order valence-corrected chi connectivity index (χ4v) is 2.72. The molecule has 1 aromatic heterocycles. The SMILES string of the molecule is CCc1nn(C)cc1C(NC1CCCC1)C(N)=O. The normalized spacial score (nSPS) is 18.1. The Morgan fingerprint density at radius 1 is 1.61 bits per heavy atom. The lowest BCUT2D eigenvalue weighted by Gasteiger charge is -2.20. The van der Waals surface area contributed by atoms with Gasteiger partial charge >= 0.3 is 0 Å². The lowest BCUT2D eigenvalue weighted by atomic mass is 10.0. The first-order chi connectivity index (χ1) is 8.61. The lowest BCUT2D eigenvalue weighted by Crippen LogP contribution is -2.39. The number of nitrogens with one attached hydrogen (secondary N) is 1. The van der Waals surface area contributed by atoms with Crippen molar-refractivity contribution in [3.63, 3.8) is 0 Å². The van der Waals surface area contributed by atoms with Gasteiger partial charge in [-0.25, -0.2) is 0 Å². The molecule has 100 valence electrons. The zero-order valence-corrected chi connectivity index (χ0v) is 11.1.